The molecule has 0 amide bonds. The van der Waals surface area contributed by atoms with E-state index in [1.54, 1.807) is 12.3 Å². The number of nitrogens with zero attached hydrogens (tertiary/aromatic N) is 7. The Morgan fingerprint density at radius 1 is 1.03 bits per heavy atom. The normalized spacial score (nSPS) is 16.9. The van der Waals surface area contributed by atoms with Gasteiger partial charge in [-0.15, -0.1) is 0 Å². The van der Waals surface area contributed by atoms with E-state index in [9.17, 15) is 4.79 Å². The second-order valence-electron chi connectivity index (χ2n) is 8.37. The molecule has 0 bridgehead atoms. The van der Waals surface area contributed by atoms with Gasteiger partial charge >= 0.3 is 0 Å². The Kier molecular flexibility index (Phi) is 4.17. The highest BCUT2D eigenvalue weighted by Gasteiger charge is 2.21. The Morgan fingerprint density at radius 3 is 2.65 bits per heavy atom. The number of hydrogen-bond acceptors (Lipinski definition) is 6. The zero-order valence-electron chi connectivity index (χ0n) is 17.5. The minimum atomic E-state index is -0.184. The van der Waals surface area contributed by atoms with Gasteiger partial charge in [-0.25, -0.2) is 0 Å². The number of hydrogen-bond donors (Lipinski definition) is 1. The van der Waals surface area contributed by atoms with Crippen LogP contribution in [0.4, 0.5) is 5.69 Å². The topological polar surface area (TPSA) is 87.9 Å². The Labute approximate surface area is 178 Å². The quantitative estimate of drug-likeness (QED) is 0.547. The molecule has 0 spiro atoms. The van der Waals surface area contributed by atoms with Crippen LogP contribution in [0.3, 0.4) is 0 Å². The van der Waals surface area contributed by atoms with E-state index < -0.39 is 0 Å². The van der Waals surface area contributed by atoms with Crippen LogP contribution >= 0.6 is 0 Å². The zero-order chi connectivity index (χ0) is 20.9. The maximum absolute atomic E-state index is 12.7. The van der Waals surface area contributed by atoms with Crippen molar-refractivity contribution in [3.8, 4) is 16.9 Å². The van der Waals surface area contributed by atoms with Crippen molar-refractivity contribution in [3.63, 3.8) is 0 Å². The molecule has 0 radical (unpaired) electrons. The number of likely N-dealkylation sites (N-methyl/N-ethyl adjacent to an activating group) is 1. The Balaban J connectivity index is 1.37. The van der Waals surface area contributed by atoms with Crippen LogP contribution in [0.15, 0.2) is 41.3 Å². The van der Waals surface area contributed by atoms with E-state index in [4.69, 9.17) is 5.10 Å². The SMILES string of the molecule is CN1CCN(c2ccc(-c3n[nH]c4cc(=O)n(-c5cnn6c5CCC6)nc34)cc2)CC1. The van der Waals surface area contributed by atoms with Crippen LogP contribution < -0.4 is 10.5 Å². The molecule has 6 rings (SSSR count). The summed E-state index contributed by atoms with van der Waals surface area (Å²) in [4.78, 5) is 17.5. The molecule has 1 saturated heterocycles. The molecule has 0 aliphatic carbocycles. The van der Waals surface area contributed by atoms with Gasteiger partial charge in [-0.1, -0.05) is 12.1 Å². The van der Waals surface area contributed by atoms with Crippen LogP contribution in [-0.4, -0.2) is 67.9 Å². The molecule has 0 unspecified atom stereocenters. The number of fused-ring (bicyclic) bond motifs is 2. The lowest BCUT2D eigenvalue weighted by Gasteiger charge is -2.34. The van der Waals surface area contributed by atoms with E-state index in [-0.39, 0.29) is 5.56 Å². The Bertz CT molecular complexity index is 1310. The van der Waals surface area contributed by atoms with Gasteiger partial charge in [0, 0.05) is 50.0 Å². The van der Waals surface area contributed by atoms with Crippen LogP contribution in [0.5, 0.6) is 0 Å². The lowest BCUT2D eigenvalue weighted by Crippen LogP contribution is -2.44. The summed E-state index contributed by atoms with van der Waals surface area (Å²) in [7, 11) is 2.16. The number of benzene rings is 1. The second-order valence-corrected chi connectivity index (χ2v) is 8.37. The zero-order valence-corrected chi connectivity index (χ0v) is 17.5. The molecule has 2 aliphatic rings. The first-order valence-corrected chi connectivity index (χ1v) is 10.7. The molecule has 31 heavy (non-hydrogen) atoms. The molecular weight excluding hydrogens is 392 g/mol. The van der Waals surface area contributed by atoms with Crippen molar-refractivity contribution < 1.29 is 0 Å². The number of nitrogens with one attached hydrogen (secondary N) is 1. The molecule has 0 saturated carbocycles. The molecule has 0 atom stereocenters. The number of aromatic amines is 1. The third kappa shape index (κ3) is 3.04. The fraction of sp³-hybridized carbons (Fsp3) is 0.364. The molecule has 3 aromatic heterocycles. The van der Waals surface area contributed by atoms with Gasteiger partial charge in [0.25, 0.3) is 5.56 Å². The third-order valence-corrected chi connectivity index (χ3v) is 6.39. The fourth-order valence-electron chi connectivity index (χ4n) is 4.58. The number of H-pyrrole nitrogens is 1. The lowest BCUT2D eigenvalue weighted by molar-refractivity contribution is 0.313. The van der Waals surface area contributed by atoms with Gasteiger partial charge < -0.3 is 9.80 Å². The summed E-state index contributed by atoms with van der Waals surface area (Å²) < 4.78 is 3.42. The molecule has 1 N–H and O–H groups in total. The maximum Gasteiger partial charge on any atom is 0.273 e. The van der Waals surface area contributed by atoms with Gasteiger partial charge in [-0.05, 0) is 32.0 Å². The predicted octanol–water partition coefficient (Wildman–Crippen LogP) is 1.67. The molecule has 9 heteroatoms. The minimum Gasteiger partial charge on any atom is -0.369 e. The number of aromatic nitrogens is 6. The van der Waals surface area contributed by atoms with Crippen molar-refractivity contribution in [1.29, 1.82) is 0 Å². The van der Waals surface area contributed by atoms with Crippen LogP contribution in [0.1, 0.15) is 12.1 Å². The van der Waals surface area contributed by atoms with E-state index in [2.05, 4.69) is 56.4 Å². The molecule has 1 fully saturated rings. The molecule has 1 aromatic carbocycles. The monoisotopic (exact) mass is 416 g/mol. The van der Waals surface area contributed by atoms with Crippen LogP contribution in [0.2, 0.25) is 0 Å². The highest BCUT2D eigenvalue weighted by atomic mass is 16.1. The summed E-state index contributed by atoms with van der Waals surface area (Å²) in [5, 5.41) is 16.5. The van der Waals surface area contributed by atoms with Crippen molar-refractivity contribution in [2.24, 2.45) is 0 Å². The summed E-state index contributed by atoms with van der Waals surface area (Å²) in [6, 6.07) is 10.0. The fourth-order valence-corrected chi connectivity index (χ4v) is 4.58. The van der Waals surface area contributed by atoms with Gasteiger partial charge in [-0.3, -0.25) is 14.6 Å². The first kappa shape index (κ1) is 18.3. The molecular formula is C22H24N8O. The summed E-state index contributed by atoms with van der Waals surface area (Å²) in [6.45, 7) is 5.11. The van der Waals surface area contributed by atoms with Crippen LogP contribution in [-0.2, 0) is 13.0 Å². The average Bonchev–Trinajstić information content (AvgIpc) is 3.50. The van der Waals surface area contributed by atoms with E-state index in [0.717, 1.165) is 68.2 Å². The number of piperazine rings is 1. The summed E-state index contributed by atoms with van der Waals surface area (Å²) in [5.74, 6) is 0. The van der Waals surface area contributed by atoms with E-state index in [1.165, 1.54) is 10.4 Å². The molecule has 158 valence electrons. The van der Waals surface area contributed by atoms with E-state index >= 15 is 0 Å². The highest BCUT2D eigenvalue weighted by Crippen LogP contribution is 2.27. The van der Waals surface area contributed by atoms with Gasteiger partial charge in [0.2, 0.25) is 0 Å². The summed E-state index contributed by atoms with van der Waals surface area (Å²) >= 11 is 0. The number of rotatable bonds is 3. The molecule has 9 nitrogen and oxygen atoms in total. The van der Waals surface area contributed by atoms with Crippen molar-refractivity contribution in [2.45, 2.75) is 19.4 Å². The number of aryl methyl sites for hydroxylation is 1. The summed E-state index contributed by atoms with van der Waals surface area (Å²) in [5.41, 5.74) is 5.91. The third-order valence-electron chi connectivity index (χ3n) is 6.39. The Morgan fingerprint density at radius 2 is 1.84 bits per heavy atom. The number of anilines is 1. The van der Waals surface area contributed by atoms with Gasteiger partial charge in [-0.2, -0.15) is 20.0 Å². The maximum atomic E-state index is 12.7. The first-order chi connectivity index (χ1) is 15.2. The molecule has 5 heterocycles. The lowest BCUT2D eigenvalue weighted by atomic mass is 10.1. The smallest absolute Gasteiger partial charge is 0.273 e. The molecule has 4 aromatic rings. The Hall–Kier alpha value is -3.46. The predicted molar refractivity (Wildman–Crippen MR) is 119 cm³/mol. The van der Waals surface area contributed by atoms with Crippen LogP contribution in [0, 0.1) is 0 Å². The second kappa shape index (κ2) is 7.05. The van der Waals surface area contributed by atoms with E-state index in [0.29, 0.717) is 11.0 Å². The van der Waals surface area contributed by atoms with Crippen molar-refractivity contribution >= 4 is 16.7 Å². The summed E-state index contributed by atoms with van der Waals surface area (Å²) in [6.07, 6.45) is 3.69. The average molecular weight is 416 g/mol. The van der Waals surface area contributed by atoms with E-state index in [1.807, 2.05) is 4.68 Å². The minimum absolute atomic E-state index is 0.184. The van der Waals surface area contributed by atoms with Crippen molar-refractivity contribution in [3.05, 3.63) is 52.6 Å². The highest BCUT2D eigenvalue weighted by molar-refractivity contribution is 5.89. The van der Waals surface area contributed by atoms with Crippen molar-refractivity contribution in [2.75, 3.05) is 38.1 Å². The van der Waals surface area contributed by atoms with Gasteiger partial charge in [0.15, 0.2) is 0 Å². The molecule has 2 aliphatic heterocycles. The standard InChI is InChI=1S/C22H24N8O/c1-27-9-11-28(12-10-27)16-6-4-15(5-7-16)21-22-17(24-25-21)13-20(31)30(26-22)19-14-23-29-8-2-3-18(19)29/h4-7,13-14,24H,2-3,8-12H2,1H3. The largest absolute Gasteiger partial charge is 0.369 e. The first-order valence-electron chi connectivity index (χ1n) is 10.7. The van der Waals surface area contributed by atoms with Gasteiger partial charge in [0.1, 0.15) is 16.9 Å². The van der Waals surface area contributed by atoms with Gasteiger partial charge in [0.05, 0.1) is 17.4 Å². The van der Waals surface area contributed by atoms with Crippen molar-refractivity contribution in [1.82, 2.24) is 34.7 Å². The van der Waals surface area contributed by atoms with Crippen LogP contribution in [0.25, 0.3) is 28.0 Å².